The zero-order valence-corrected chi connectivity index (χ0v) is 13.6. The summed E-state index contributed by atoms with van der Waals surface area (Å²) in [4.78, 5) is 0. The second-order valence-electron chi connectivity index (χ2n) is 6.52. The molecule has 2 saturated heterocycles. The minimum Gasteiger partial charge on any atom is -0.462 e. The van der Waals surface area contributed by atoms with Crippen molar-refractivity contribution in [1.29, 1.82) is 0 Å². The third-order valence-electron chi connectivity index (χ3n) is 5.07. The van der Waals surface area contributed by atoms with E-state index in [1.807, 2.05) is 23.9 Å². The van der Waals surface area contributed by atoms with Crippen molar-refractivity contribution in [2.75, 3.05) is 24.6 Å². The number of hydrogen-bond donors (Lipinski definition) is 2. The molecule has 0 bridgehead atoms. The molecule has 0 aromatic heterocycles. The van der Waals surface area contributed by atoms with Crippen LogP contribution in [-0.2, 0) is 16.9 Å². The molecule has 0 amide bonds. The summed E-state index contributed by atoms with van der Waals surface area (Å²) < 4.78 is 12.2. The van der Waals surface area contributed by atoms with Gasteiger partial charge in [-0.05, 0) is 42.0 Å². The summed E-state index contributed by atoms with van der Waals surface area (Å²) in [5, 5.41) is 14.2. The fourth-order valence-electron chi connectivity index (χ4n) is 3.57. The SMILES string of the molecule is OC1(c2ccc3c(c2)COC2(CCNCC2)O3)CCSCC1. The highest BCUT2D eigenvalue weighted by Crippen LogP contribution is 2.41. The summed E-state index contributed by atoms with van der Waals surface area (Å²) in [7, 11) is 0. The molecule has 3 aliphatic heterocycles. The van der Waals surface area contributed by atoms with Crippen LogP contribution >= 0.6 is 11.8 Å². The lowest BCUT2D eigenvalue weighted by molar-refractivity contribution is -0.218. The van der Waals surface area contributed by atoms with Crippen molar-refractivity contribution >= 4 is 11.8 Å². The second kappa shape index (κ2) is 5.71. The number of benzene rings is 1. The van der Waals surface area contributed by atoms with Gasteiger partial charge in [0.15, 0.2) is 0 Å². The van der Waals surface area contributed by atoms with Crippen LogP contribution < -0.4 is 10.1 Å². The Labute approximate surface area is 135 Å². The largest absolute Gasteiger partial charge is 0.462 e. The molecule has 1 aromatic rings. The average molecular weight is 321 g/mol. The van der Waals surface area contributed by atoms with Crippen molar-refractivity contribution in [3.05, 3.63) is 29.3 Å². The Balaban J connectivity index is 1.58. The smallest absolute Gasteiger partial charge is 0.213 e. The standard InChI is InChI=1S/C17H23NO3S/c19-16(5-9-22-10-6-16)14-1-2-15-13(11-14)12-20-17(21-15)3-7-18-8-4-17/h1-2,11,18-19H,3-10,12H2. The van der Waals surface area contributed by atoms with Crippen molar-refractivity contribution in [1.82, 2.24) is 5.32 Å². The second-order valence-corrected chi connectivity index (χ2v) is 7.74. The van der Waals surface area contributed by atoms with Crippen LogP contribution in [0.1, 0.15) is 36.8 Å². The zero-order chi connectivity index (χ0) is 15.0. The van der Waals surface area contributed by atoms with E-state index in [9.17, 15) is 5.11 Å². The highest BCUT2D eigenvalue weighted by molar-refractivity contribution is 7.99. The topological polar surface area (TPSA) is 50.7 Å². The molecule has 5 heteroatoms. The summed E-state index contributed by atoms with van der Waals surface area (Å²) in [5.41, 5.74) is 1.40. The van der Waals surface area contributed by atoms with Gasteiger partial charge in [0, 0.05) is 31.5 Å². The first kappa shape index (κ1) is 14.8. The maximum atomic E-state index is 10.9. The summed E-state index contributed by atoms with van der Waals surface area (Å²) in [5.74, 6) is 2.52. The van der Waals surface area contributed by atoms with Gasteiger partial charge < -0.3 is 19.9 Å². The molecule has 4 nitrogen and oxygen atoms in total. The lowest BCUT2D eigenvalue weighted by Gasteiger charge is -2.41. The molecular weight excluding hydrogens is 298 g/mol. The van der Waals surface area contributed by atoms with Crippen LogP contribution in [-0.4, -0.2) is 35.5 Å². The highest BCUT2D eigenvalue weighted by atomic mass is 32.2. The van der Waals surface area contributed by atoms with Crippen molar-refractivity contribution < 1.29 is 14.6 Å². The number of thioether (sulfide) groups is 1. The van der Waals surface area contributed by atoms with Gasteiger partial charge >= 0.3 is 0 Å². The van der Waals surface area contributed by atoms with Gasteiger partial charge in [0.25, 0.3) is 0 Å². The third-order valence-corrected chi connectivity index (χ3v) is 6.06. The Bertz CT molecular complexity index is 551. The van der Waals surface area contributed by atoms with Crippen molar-refractivity contribution in [2.24, 2.45) is 0 Å². The van der Waals surface area contributed by atoms with Gasteiger partial charge in [0.05, 0.1) is 12.2 Å². The number of piperidine rings is 1. The van der Waals surface area contributed by atoms with Crippen LogP contribution in [0.3, 0.4) is 0 Å². The van der Waals surface area contributed by atoms with Crippen LogP contribution in [0.25, 0.3) is 0 Å². The van der Waals surface area contributed by atoms with E-state index >= 15 is 0 Å². The predicted octanol–water partition coefficient (Wildman–Crippen LogP) is 2.39. The molecule has 4 rings (SSSR count). The van der Waals surface area contributed by atoms with Gasteiger partial charge in [-0.2, -0.15) is 11.8 Å². The number of rotatable bonds is 1. The van der Waals surface area contributed by atoms with Gasteiger partial charge in [0.1, 0.15) is 5.75 Å². The summed E-state index contributed by atoms with van der Waals surface area (Å²) in [6.07, 6.45) is 3.42. The summed E-state index contributed by atoms with van der Waals surface area (Å²) in [6, 6.07) is 6.14. The van der Waals surface area contributed by atoms with Gasteiger partial charge in [0.2, 0.25) is 5.79 Å². The van der Waals surface area contributed by atoms with Gasteiger partial charge in [-0.15, -0.1) is 0 Å². The normalized spacial score (nSPS) is 26.2. The number of ether oxygens (including phenoxy) is 2. The molecule has 22 heavy (non-hydrogen) atoms. The third kappa shape index (κ3) is 2.64. The van der Waals surface area contributed by atoms with Crippen molar-refractivity contribution in [3.63, 3.8) is 0 Å². The summed E-state index contributed by atoms with van der Waals surface area (Å²) in [6.45, 7) is 2.45. The molecular formula is C17H23NO3S. The van der Waals surface area contributed by atoms with E-state index in [1.165, 1.54) is 0 Å². The van der Waals surface area contributed by atoms with Gasteiger partial charge in [-0.1, -0.05) is 6.07 Å². The van der Waals surface area contributed by atoms with E-state index < -0.39 is 11.4 Å². The van der Waals surface area contributed by atoms with Crippen LogP contribution in [0.4, 0.5) is 0 Å². The van der Waals surface area contributed by atoms with Gasteiger partial charge in [-0.3, -0.25) is 0 Å². The molecule has 120 valence electrons. The number of hydrogen-bond acceptors (Lipinski definition) is 5. The van der Waals surface area contributed by atoms with Crippen LogP contribution in [0.2, 0.25) is 0 Å². The van der Waals surface area contributed by atoms with E-state index in [0.29, 0.717) is 6.61 Å². The molecule has 0 aliphatic carbocycles. The lowest BCUT2D eigenvalue weighted by Crippen LogP contribution is -2.50. The highest BCUT2D eigenvalue weighted by Gasteiger charge is 2.40. The maximum Gasteiger partial charge on any atom is 0.213 e. The predicted molar refractivity (Wildman–Crippen MR) is 87.1 cm³/mol. The first-order valence-corrected chi connectivity index (χ1v) is 9.32. The van der Waals surface area contributed by atoms with E-state index in [-0.39, 0.29) is 0 Å². The molecule has 2 N–H and O–H groups in total. The Morgan fingerprint density at radius 3 is 2.64 bits per heavy atom. The Hall–Kier alpha value is -0.750. The monoisotopic (exact) mass is 321 g/mol. The van der Waals surface area contributed by atoms with E-state index in [1.54, 1.807) is 0 Å². The fraction of sp³-hybridized carbons (Fsp3) is 0.647. The molecule has 1 spiro atoms. The molecule has 0 unspecified atom stereocenters. The first-order chi connectivity index (χ1) is 10.7. The van der Waals surface area contributed by atoms with E-state index in [4.69, 9.17) is 9.47 Å². The molecule has 1 aromatic carbocycles. The Morgan fingerprint density at radius 2 is 1.86 bits per heavy atom. The van der Waals surface area contributed by atoms with Crippen LogP contribution in [0, 0.1) is 0 Å². The molecule has 3 heterocycles. The van der Waals surface area contributed by atoms with Gasteiger partial charge in [-0.25, -0.2) is 0 Å². The maximum absolute atomic E-state index is 10.9. The molecule has 0 saturated carbocycles. The lowest BCUT2D eigenvalue weighted by atomic mass is 9.87. The van der Waals surface area contributed by atoms with Crippen molar-refractivity contribution in [3.8, 4) is 5.75 Å². The number of fused-ring (bicyclic) bond motifs is 1. The van der Waals surface area contributed by atoms with E-state index in [2.05, 4.69) is 11.4 Å². The molecule has 2 fully saturated rings. The van der Waals surface area contributed by atoms with Crippen molar-refractivity contribution in [2.45, 2.75) is 43.7 Å². The van der Waals surface area contributed by atoms with Crippen LogP contribution in [0.15, 0.2) is 18.2 Å². The fourth-order valence-corrected chi connectivity index (χ4v) is 4.74. The van der Waals surface area contributed by atoms with Crippen LogP contribution in [0.5, 0.6) is 5.75 Å². The Kier molecular flexibility index (Phi) is 3.85. The quantitative estimate of drug-likeness (QED) is 0.832. The number of aliphatic hydroxyl groups is 1. The summed E-state index contributed by atoms with van der Waals surface area (Å²) >= 11 is 1.92. The molecule has 3 aliphatic rings. The first-order valence-electron chi connectivity index (χ1n) is 8.16. The minimum absolute atomic E-state index is 0.446. The minimum atomic E-state index is -0.676. The average Bonchev–Trinajstić information content (AvgIpc) is 2.56. The number of nitrogens with one attached hydrogen (secondary N) is 1. The molecule has 0 radical (unpaired) electrons. The molecule has 0 atom stereocenters. The van der Waals surface area contributed by atoms with E-state index in [0.717, 1.165) is 67.2 Å². The zero-order valence-electron chi connectivity index (χ0n) is 12.8. The Morgan fingerprint density at radius 1 is 1.09 bits per heavy atom.